The van der Waals surface area contributed by atoms with E-state index in [1.54, 1.807) is 12.4 Å². The predicted octanol–water partition coefficient (Wildman–Crippen LogP) is 11.0. The molecule has 0 radical (unpaired) electrons. The fourth-order valence-corrected chi connectivity index (χ4v) is 11.2. The maximum atomic E-state index is 13.0. The van der Waals surface area contributed by atoms with Crippen LogP contribution in [-0.2, 0) is 19.2 Å². The number of nitrogens with one attached hydrogen (secondary N) is 7. The van der Waals surface area contributed by atoms with Crippen LogP contribution >= 0.6 is 47.2 Å². The number of anilines is 2. The van der Waals surface area contributed by atoms with Crippen molar-refractivity contribution >= 4 is 104 Å². The van der Waals surface area contributed by atoms with Crippen molar-refractivity contribution in [3.63, 3.8) is 0 Å². The molecular weight excluding hydrogens is 1050 g/mol. The molecule has 16 nitrogen and oxygen atoms in total. The summed E-state index contributed by atoms with van der Waals surface area (Å²) in [6, 6.07) is 17.2. The van der Waals surface area contributed by atoms with Gasteiger partial charge in [-0.1, -0.05) is 72.8 Å². The Balaban J connectivity index is 0.000000202. The quantitative estimate of drug-likeness (QED) is 0.0400. The van der Waals surface area contributed by atoms with Crippen LogP contribution in [0.5, 0.6) is 0 Å². The van der Waals surface area contributed by atoms with Gasteiger partial charge in [0, 0.05) is 93.4 Å². The second kappa shape index (κ2) is 27.8. The Morgan fingerprint density at radius 1 is 0.579 bits per heavy atom. The predicted molar refractivity (Wildman–Crippen MR) is 307 cm³/mol. The standard InChI is InChI=1S/C28H33ClN6O2.C25H31ClN6O.C3H3ClO.ClH/c1-2-25(36)32-18-12-10-17(11-13-18)27(37)33-19-6-5-7-20(14-19)34-28-31-16-23(29)26(35-28)22-15-30-24-9-4-3-8-21(22)24;26-21-14-29-25(32-23(21)20-13-28-22-7-2-1-6-19(20)22)31-18-5-3-4-17(12-18)30-24(33)15-8-10-16(27)11-9-15;1-2-3(4)5;/h2-4,8-9,15-20,30H,1,5-7,10-14H2,(H,32,36)(H,33,37)(H,31,34,35);1-2,6-7,13-18,28H,3-5,8-12,27H2,(H,30,33)(H,29,31,32);2H,1H2;1H/t17?,18?,19-,20+;15?,16?,17-,18+;;/m00../s1. The number of benzene rings is 2. The monoisotopic (exact) mass is 1110 g/mol. The number of hydrogen-bond acceptors (Lipinski definition) is 11. The highest BCUT2D eigenvalue weighted by atomic mass is 35.5. The number of nitrogens with zero attached hydrogens (tertiary/aromatic N) is 4. The first-order chi connectivity index (χ1) is 36.3. The van der Waals surface area contributed by atoms with E-state index < -0.39 is 5.24 Å². The molecule has 20 heteroatoms. The third-order valence-electron chi connectivity index (χ3n) is 14.8. The number of para-hydroxylation sites is 2. The number of carbonyl (C=O) groups is 4. The molecule has 4 heterocycles. The molecule has 0 saturated heterocycles. The van der Waals surface area contributed by atoms with E-state index in [0.717, 1.165) is 142 Å². The van der Waals surface area contributed by atoms with Gasteiger partial charge in [0.25, 0.3) is 0 Å². The van der Waals surface area contributed by atoms with Gasteiger partial charge >= 0.3 is 0 Å². The molecular formula is C56H68Cl4N12O4. The molecule has 3 amide bonds. The van der Waals surface area contributed by atoms with Gasteiger partial charge in [-0.25, -0.2) is 19.9 Å². The zero-order chi connectivity index (χ0) is 52.8. The van der Waals surface area contributed by atoms with Crippen LogP contribution in [0.1, 0.15) is 103 Å². The van der Waals surface area contributed by atoms with Crippen molar-refractivity contribution in [3.8, 4) is 22.5 Å². The van der Waals surface area contributed by atoms with Crippen LogP contribution in [0.2, 0.25) is 10.0 Å². The molecule has 10 rings (SSSR count). The van der Waals surface area contributed by atoms with Crippen molar-refractivity contribution in [1.82, 2.24) is 45.9 Å². The summed E-state index contributed by atoms with van der Waals surface area (Å²) in [7, 11) is 0. The fourth-order valence-electron chi connectivity index (χ4n) is 10.8. The van der Waals surface area contributed by atoms with Gasteiger partial charge in [0.05, 0.1) is 33.8 Å². The Morgan fingerprint density at radius 2 is 1.00 bits per heavy atom. The molecule has 4 atom stereocenters. The summed E-state index contributed by atoms with van der Waals surface area (Å²) in [6.45, 7) is 6.58. The zero-order valence-electron chi connectivity index (χ0n) is 42.5. The van der Waals surface area contributed by atoms with E-state index in [1.165, 1.54) is 6.08 Å². The fraction of sp³-hybridized carbons (Fsp3) is 0.429. The first-order valence-corrected chi connectivity index (χ1v) is 27.3. The summed E-state index contributed by atoms with van der Waals surface area (Å²) in [4.78, 5) is 71.6. The molecule has 76 heavy (non-hydrogen) atoms. The molecule has 4 aromatic heterocycles. The molecule has 2 aromatic carbocycles. The number of carbonyl (C=O) groups excluding carboxylic acids is 4. The van der Waals surface area contributed by atoms with Gasteiger partial charge in [0.2, 0.25) is 34.9 Å². The van der Waals surface area contributed by atoms with Crippen molar-refractivity contribution in [1.29, 1.82) is 0 Å². The average molecular weight is 1120 g/mol. The van der Waals surface area contributed by atoms with Gasteiger partial charge in [0.15, 0.2) is 0 Å². The van der Waals surface area contributed by atoms with Gasteiger partial charge in [-0.2, -0.15) is 0 Å². The number of hydrogen-bond donors (Lipinski definition) is 8. The van der Waals surface area contributed by atoms with Crippen LogP contribution in [0.15, 0.2) is 98.6 Å². The molecule has 4 aliphatic rings. The number of fused-ring (bicyclic) bond motifs is 2. The lowest BCUT2D eigenvalue weighted by molar-refractivity contribution is -0.127. The summed E-state index contributed by atoms with van der Waals surface area (Å²) in [5, 5.41) is 19.1. The molecule has 0 unspecified atom stereocenters. The lowest BCUT2D eigenvalue weighted by Gasteiger charge is -2.33. The average Bonchev–Trinajstić information content (AvgIpc) is 4.09. The maximum absolute atomic E-state index is 13.0. The summed E-state index contributed by atoms with van der Waals surface area (Å²) < 4.78 is 0. The number of rotatable bonds is 13. The van der Waals surface area contributed by atoms with Crippen LogP contribution < -0.4 is 32.3 Å². The van der Waals surface area contributed by atoms with Gasteiger partial charge in [-0.3, -0.25) is 19.2 Å². The second-order valence-electron chi connectivity index (χ2n) is 20.1. The van der Waals surface area contributed by atoms with E-state index in [9.17, 15) is 19.2 Å². The maximum Gasteiger partial charge on any atom is 0.244 e. The van der Waals surface area contributed by atoms with Crippen LogP contribution in [0.3, 0.4) is 0 Å². The Morgan fingerprint density at radius 3 is 1.43 bits per heavy atom. The van der Waals surface area contributed by atoms with Crippen LogP contribution in [-0.4, -0.2) is 89.1 Å². The Kier molecular flexibility index (Phi) is 21.1. The third kappa shape index (κ3) is 15.6. The smallest absolute Gasteiger partial charge is 0.244 e. The number of amides is 3. The minimum Gasteiger partial charge on any atom is -0.360 e. The first kappa shape index (κ1) is 57.7. The van der Waals surface area contributed by atoms with Crippen molar-refractivity contribution in [2.75, 3.05) is 10.6 Å². The molecule has 4 fully saturated rings. The SMILES string of the molecule is C=CC(=O)Cl.C=CC(=O)NC1CCC(C(=O)N[C@H]2CCC[C@@H](Nc3ncc(Cl)c(-c4c[nH]c5ccccc45)n3)C2)CC1.Cl.NC1CCC(C(=O)N[C@H]2CCC[C@@H](Nc3ncc(Cl)c(-c4c[nH]c5ccccc45)n3)C2)CC1. The number of nitrogens with two attached hydrogens (primary N) is 1. The van der Waals surface area contributed by atoms with Gasteiger partial charge < -0.3 is 42.3 Å². The zero-order valence-corrected chi connectivity index (χ0v) is 45.6. The number of H-pyrrole nitrogens is 2. The van der Waals surface area contributed by atoms with Gasteiger partial charge in [-0.05, 0) is 139 Å². The van der Waals surface area contributed by atoms with E-state index in [2.05, 4.69) is 65.7 Å². The normalized spacial score (nSPS) is 23.2. The summed E-state index contributed by atoms with van der Waals surface area (Å²) in [5.74, 6) is 1.40. The molecule has 9 N–H and O–H groups in total. The third-order valence-corrected chi connectivity index (χ3v) is 15.5. The minimum atomic E-state index is -0.509. The summed E-state index contributed by atoms with van der Waals surface area (Å²) in [5.41, 5.74) is 11.4. The summed E-state index contributed by atoms with van der Waals surface area (Å²) >= 11 is 17.7. The Labute approximate surface area is 464 Å². The number of aromatic nitrogens is 6. The molecule has 0 spiro atoms. The van der Waals surface area contributed by atoms with Crippen molar-refractivity contribution in [3.05, 3.63) is 109 Å². The van der Waals surface area contributed by atoms with E-state index in [4.69, 9.17) is 50.5 Å². The van der Waals surface area contributed by atoms with Gasteiger partial charge in [-0.15, -0.1) is 12.4 Å². The van der Waals surface area contributed by atoms with Crippen molar-refractivity contribution in [2.24, 2.45) is 17.6 Å². The Hall–Kier alpha value is -6.04. The van der Waals surface area contributed by atoms with E-state index in [1.807, 2.05) is 54.9 Å². The molecule has 6 aromatic rings. The van der Waals surface area contributed by atoms with Gasteiger partial charge in [0.1, 0.15) is 0 Å². The lowest BCUT2D eigenvalue weighted by Crippen LogP contribution is -2.46. The summed E-state index contributed by atoms with van der Waals surface area (Å²) in [6.07, 6.45) is 24.2. The molecule has 404 valence electrons. The second-order valence-corrected chi connectivity index (χ2v) is 21.3. The van der Waals surface area contributed by atoms with E-state index >= 15 is 0 Å². The number of halogens is 4. The highest BCUT2D eigenvalue weighted by molar-refractivity contribution is 6.66. The molecule has 0 aliphatic heterocycles. The highest BCUT2D eigenvalue weighted by Crippen LogP contribution is 2.35. The van der Waals surface area contributed by atoms with Crippen LogP contribution in [0, 0.1) is 11.8 Å². The lowest BCUT2D eigenvalue weighted by atomic mass is 9.84. The Bertz CT molecular complexity index is 2950. The topological polar surface area (TPSA) is 238 Å². The van der Waals surface area contributed by atoms with E-state index in [-0.39, 0.29) is 78.2 Å². The van der Waals surface area contributed by atoms with E-state index in [0.29, 0.717) is 33.3 Å². The van der Waals surface area contributed by atoms with Crippen LogP contribution in [0.25, 0.3) is 44.3 Å². The largest absolute Gasteiger partial charge is 0.360 e. The van der Waals surface area contributed by atoms with Crippen molar-refractivity contribution in [2.45, 2.75) is 139 Å². The highest BCUT2D eigenvalue weighted by Gasteiger charge is 2.32. The number of aromatic amines is 2. The first-order valence-electron chi connectivity index (χ1n) is 26.2. The van der Waals surface area contributed by atoms with Crippen LogP contribution in [0.4, 0.5) is 11.9 Å². The molecule has 4 aliphatic carbocycles. The molecule has 0 bridgehead atoms. The molecule has 4 saturated carbocycles. The van der Waals surface area contributed by atoms with Crippen molar-refractivity contribution < 1.29 is 19.2 Å². The minimum absolute atomic E-state index is 0. The number of allylic oxidation sites excluding steroid dienone is 1.